The molecule has 2 aromatic heterocycles. The van der Waals surface area contributed by atoms with Crippen LogP contribution >= 0.6 is 0 Å². The molecule has 4 nitrogen and oxygen atoms in total. The number of hydrogen-bond acceptors (Lipinski definition) is 3. The van der Waals surface area contributed by atoms with Crippen molar-refractivity contribution in [2.24, 2.45) is 0 Å². The van der Waals surface area contributed by atoms with Crippen molar-refractivity contribution in [1.82, 2.24) is 19.5 Å². The van der Waals surface area contributed by atoms with Crippen LogP contribution in [0.4, 0.5) is 0 Å². The van der Waals surface area contributed by atoms with Crippen molar-refractivity contribution in [2.45, 2.75) is 0 Å². The topological polar surface area (TPSA) is 43.6 Å². The smallest absolute Gasteiger partial charge is 0.160 e. The molecule has 0 fully saturated rings. The lowest BCUT2D eigenvalue weighted by atomic mass is 9.96. The quantitative estimate of drug-likeness (QED) is 0.166. The van der Waals surface area contributed by atoms with Gasteiger partial charge in [0.15, 0.2) is 5.82 Å². The normalized spacial score (nSPS) is 11.3. The first-order valence-electron chi connectivity index (χ1n) is 18.5. The van der Waals surface area contributed by atoms with Crippen molar-refractivity contribution < 1.29 is 0 Å². The number of fused-ring (bicyclic) bond motifs is 2. The van der Waals surface area contributed by atoms with Crippen LogP contribution in [0.25, 0.3) is 95.0 Å². The Morgan fingerprint density at radius 3 is 1.40 bits per heavy atom. The van der Waals surface area contributed by atoms with E-state index in [1.807, 2.05) is 48.5 Å². The van der Waals surface area contributed by atoms with Gasteiger partial charge in [0.25, 0.3) is 0 Å². The van der Waals surface area contributed by atoms with Gasteiger partial charge in [0.1, 0.15) is 5.82 Å². The summed E-state index contributed by atoms with van der Waals surface area (Å²) >= 11 is 0. The highest BCUT2D eigenvalue weighted by Crippen LogP contribution is 2.34. The molecule has 0 saturated heterocycles. The van der Waals surface area contributed by atoms with Crippen LogP contribution in [-0.4, -0.2) is 19.5 Å². The zero-order valence-electron chi connectivity index (χ0n) is 29.9. The van der Waals surface area contributed by atoms with E-state index in [1.165, 1.54) is 21.9 Å². The summed E-state index contributed by atoms with van der Waals surface area (Å²) in [5.41, 5.74) is 13.8. The van der Waals surface area contributed by atoms with Crippen molar-refractivity contribution in [3.8, 4) is 73.2 Å². The first-order chi connectivity index (χ1) is 27.2. The van der Waals surface area contributed by atoms with Gasteiger partial charge in [0.2, 0.25) is 0 Å². The molecule has 0 aliphatic rings. The van der Waals surface area contributed by atoms with E-state index >= 15 is 0 Å². The Bertz CT molecular complexity index is 2880. The second-order valence-electron chi connectivity index (χ2n) is 13.7. The van der Waals surface area contributed by atoms with Crippen LogP contribution in [0, 0.1) is 0 Å². The van der Waals surface area contributed by atoms with Crippen molar-refractivity contribution in [2.75, 3.05) is 0 Å². The van der Waals surface area contributed by atoms with Crippen LogP contribution < -0.4 is 0 Å². The van der Waals surface area contributed by atoms with Gasteiger partial charge < -0.3 is 0 Å². The summed E-state index contributed by atoms with van der Waals surface area (Å²) in [4.78, 5) is 15.0. The molecule has 2 heterocycles. The largest absolute Gasteiger partial charge is 0.292 e. The van der Waals surface area contributed by atoms with Crippen molar-refractivity contribution in [1.29, 1.82) is 0 Å². The van der Waals surface area contributed by atoms with Gasteiger partial charge in [-0.3, -0.25) is 4.57 Å². The number of nitrogens with zero attached hydrogens (tertiary/aromatic N) is 4. The average Bonchev–Trinajstić information content (AvgIpc) is 3.67. The highest BCUT2D eigenvalue weighted by atomic mass is 15.1. The molecule has 258 valence electrons. The Kier molecular flexibility index (Phi) is 8.12. The summed E-state index contributed by atoms with van der Waals surface area (Å²) in [5.74, 6) is 1.65. The zero-order chi connectivity index (χ0) is 36.6. The molecule has 0 aliphatic carbocycles. The molecule has 0 atom stereocenters. The SMILES string of the molecule is c1ccc(-c2cc(-c3ccc(-c4ccc5ccc(-c6ccc(-c7nc8ccccc8n7-c7ccccc7)cc6)cc5c4)cc3)nc(-c3ccccc3)n2)cc1. The van der Waals surface area contributed by atoms with E-state index in [0.717, 1.165) is 67.3 Å². The van der Waals surface area contributed by atoms with E-state index in [0.29, 0.717) is 5.82 Å². The highest BCUT2D eigenvalue weighted by molar-refractivity contribution is 5.91. The predicted octanol–water partition coefficient (Wildman–Crippen LogP) is 13.0. The maximum absolute atomic E-state index is 5.05. The standard InChI is InChI=1S/C51H34N4/c1-4-12-38(13-5-1)47-34-48(53-50(52-47)40-14-6-2-7-15-40)39-26-20-35(21-27-39)42-30-24-37-25-31-43(33-44(37)32-42)36-22-28-41(29-23-36)51-54-46-18-10-11-19-49(46)55(51)45-16-8-3-9-17-45/h1-34H. The van der Waals surface area contributed by atoms with Gasteiger partial charge in [-0.1, -0.05) is 164 Å². The van der Waals surface area contributed by atoms with E-state index in [2.05, 4.69) is 162 Å². The minimum absolute atomic E-state index is 0.716. The van der Waals surface area contributed by atoms with Crippen LogP contribution in [-0.2, 0) is 0 Å². The third kappa shape index (κ3) is 6.26. The molecule has 8 aromatic carbocycles. The van der Waals surface area contributed by atoms with E-state index in [1.54, 1.807) is 0 Å². The van der Waals surface area contributed by atoms with Crippen LogP contribution in [0.15, 0.2) is 206 Å². The predicted molar refractivity (Wildman–Crippen MR) is 227 cm³/mol. The number of benzene rings is 8. The molecular weight excluding hydrogens is 669 g/mol. The first-order valence-corrected chi connectivity index (χ1v) is 18.5. The van der Waals surface area contributed by atoms with Crippen molar-refractivity contribution in [3.63, 3.8) is 0 Å². The van der Waals surface area contributed by atoms with Crippen LogP contribution in [0.2, 0.25) is 0 Å². The Labute approximate surface area is 319 Å². The third-order valence-electron chi connectivity index (χ3n) is 10.2. The minimum atomic E-state index is 0.716. The molecule has 0 unspecified atom stereocenters. The van der Waals surface area contributed by atoms with Crippen molar-refractivity contribution in [3.05, 3.63) is 206 Å². The molecule has 0 saturated carbocycles. The maximum Gasteiger partial charge on any atom is 0.160 e. The fourth-order valence-electron chi connectivity index (χ4n) is 7.38. The summed E-state index contributed by atoms with van der Waals surface area (Å²) in [6, 6.07) is 72.2. The Morgan fingerprint density at radius 2 is 0.782 bits per heavy atom. The minimum Gasteiger partial charge on any atom is -0.292 e. The molecule has 10 aromatic rings. The second-order valence-corrected chi connectivity index (χ2v) is 13.7. The van der Waals surface area contributed by atoms with Gasteiger partial charge in [-0.15, -0.1) is 0 Å². The summed E-state index contributed by atoms with van der Waals surface area (Å²) in [7, 11) is 0. The summed E-state index contributed by atoms with van der Waals surface area (Å²) < 4.78 is 2.24. The fourth-order valence-corrected chi connectivity index (χ4v) is 7.38. The number of aromatic nitrogens is 4. The molecule has 0 aliphatic heterocycles. The highest BCUT2D eigenvalue weighted by Gasteiger charge is 2.15. The zero-order valence-corrected chi connectivity index (χ0v) is 29.9. The van der Waals surface area contributed by atoms with Gasteiger partial charge in [0, 0.05) is 27.9 Å². The molecule has 4 heteroatoms. The molecule has 0 amide bonds. The molecule has 0 bridgehead atoms. The molecule has 0 N–H and O–H groups in total. The maximum atomic E-state index is 5.05. The van der Waals surface area contributed by atoms with Gasteiger partial charge in [-0.05, 0) is 75.5 Å². The third-order valence-corrected chi connectivity index (χ3v) is 10.2. The van der Waals surface area contributed by atoms with E-state index in [-0.39, 0.29) is 0 Å². The number of imidazole rings is 1. The number of hydrogen-bond donors (Lipinski definition) is 0. The summed E-state index contributed by atoms with van der Waals surface area (Å²) in [6.07, 6.45) is 0. The fraction of sp³-hybridized carbons (Fsp3) is 0. The average molecular weight is 703 g/mol. The van der Waals surface area contributed by atoms with Crippen LogP contribution in [0.5, 0.6) is 0 Å². The van der Waals surface area contributed by atoms with Gasteiger partial charge in [0.05, 0.1) is 22.4 Å². The summed E-state index contributed by atoms with van der Waals surface area (Å²) in [5, 5.41) is 2.41. The first kappa shape index (κ1) is 32.2. The molecular formula is C51H34N4. The molecule has 0 spiro atoms. The Morgan fingerprint density at radius 1 is 0.309 bits per heavy atom. The monoisotopic (exact) mass is 702 g/mol. The second kappa shape index (κ2) is 13.8. The number of para-hydroxylation sites is 3. The van der Waals surface area contributed by atoms with Crippen LogP contribution in [0.1, 0.15) is 0 Å². The van der Waals surface area contributed by atoms with E-state index in [9.17, 15) is 0 Å². The molecule has 0 radical (unpaired) electrons. The van der Waals surface area contributed by atoms with Gasteiger partial charge >= 0.3 is 0 Å². The van der Waals surface area contributed by atoms with Gasteiger partial charge in [-0.25, -0.2) is 15.0 Å². The van der Waals surface area contributed by atoms with E-state index < -0.39 is 0 Å². The van der Waals surface area contributed by atoms with Gasteiger partial charge in [-0.2, -0.15) is 0 Å². The molecule has 10 rings (SSSR count). The lowest BCUT2D eigenvalue weighted by Crippen LogP contribution is -1.97. The lowest BCUT2D eigenvalue weighted by molar-refractivity contribution is 1.10. The van der Waals surface area contributed by atoms with Crippen molar-refractivity contribution >= 4 is 21.8 Å². The number of rotatable bonds is 7. The Hall–Kier alpha value is -7.43. The van der Waals surface area contributed by atoms with E-state index in [4.69, 9.17) is 15.0 Å². The van der Waals surface area contributed by atoms with Crippen LogP contribution in [0.3, 0.4) is 0 Å². The lowest BCUT2D eigenvalue weighted by Gasteiger charge is -2.11. The summed E-state index contributed by atoms with van der Waals surface area (Å²) in [6.45, 7) is 0. The molecule has 55 heavy (non-hydrogen) atoms. The Balaban J connectivity index is 0.954.